The molecule has 0 bridgehead atoms. The highest BCUT2D eigenvalue weighted by Crippen LogP contribution is 2.41. The Morgan fingerprint density at radius 2 is 2.20 bits per heavy atom. The van der Waals surface area contributed by atoms with E-state index in [0.29, 0.717) is 12.4 Å². The molecule has 2 N–H and O–H groups in total. The molecule has 0 radical (unpaired) electrons. The minimum atomic E-state index is -0.0320. The third-order valence-electron chi connectivity index (χ3n) is 6.46. The van der Waals surface area contributed by atoms with Gasteiger partial charge in [-0.15, -0.1) is 10.2 Å². The van der Waals surface area contributed by atoms with Crippen molar-refractivity contribution in [1.29, 1.82) is 0 Å². The first-order valence-electron chi connectivity index (χ1n) is 10.3. The number of rotatable bonds is 4. The van der Waals surface area contributed by atoms with Crippen molar-refractivity contribution >= 4 is 28.5 Å². The van der Waals surface area contributed by atoms with Gasteiger partial charge in [0.1, 0.15) is 12.0 Å². The summed E-state index contributed by atoms with van der Waals surface area (Å²) in [6.07, 6.45) is 11.0. The Balaban J connectivity index is 1.20. The maximum Gasteiger partial charge on any atom is 0.224 e. The van der Waals surface area contributed by atoms with Gasteiger partial charge in [-0.05, 0) is 38.3 Å². The van der Waals surface area contributed by atoms with Gasteiger partial charge in [-0.1, -0.05) is 0 Å². The quantitative estimate of drug-likeness (QED) is 0.544. The summed E-state index contributed by atoms with van der Waals surface area (Å²) in [6, 6.07) is 4.25. The molecular weight excluding hydrogens is 380 g/mol. The Hall–Kier alpha value is -3.49. The van der Waals surface area contributed by atoms with Gasteiger partial charge in [-0.3, -0.25) is 9.20 Å². The lowest BCUT2D eigenvalue weighted by Gasteiger charge is -2.51. The number of carbonyl (C=O) groups is 1. The van der Waals surface area contributed by atoms with Crippen molar-refractivity contribution in [2.75, 3.05) is 11.9 Å². The van der Waals surface area contributed by atoms with Crippen LogP contribution < -0.4 is 5.32 Å². The lowest BCUT2D eigenvalue weighted by atomic mass is 9.73. The van der Waals surface area contributed by atoms with Crippen LogP contribution >= 0.6 is 0 Å². The number of hydrogen-bond donors (Lipinski definition) is 2. The summed E-state index contributed by atoms with van der Waals surface area (Å²) in [6.45, 7) is 3.07. The third kappa shape index (κ3) is 2.65. The maximum atomic E-state index is 12.1. The van der Waals surface area contributed by atoms with Crippen molar-refractivity contribution < 1.29 is 4.79 Å². The summed E-state index contributed by atoms with van der Waals surface area (Å²) in [5.74, 6) is 0.905. The van der Waals surface area contributed by atoms with Crippen molar-refractivity contribution in [1.82, 2.24) is 34.4 Å². The molecule has 4 aromatic heterocycles. The molecule has 1 saturated heterocycles. The van der Waals surface area contributed by atoms with E-state index >= 15 is 0 Å². The van der Waals surface area contributed by atoms with Crippen molar-refractivity contribution in [2.24, 2.45) is 0 Å². The van der Waals surface area contributed by atoms with Crippen LogP contribution in [0, 0.1) is 0 Å². The van der Waals surface area contributed by atoms with Crippen LogP contribution in [0.3, 0.4) is 0 Å². The summed E-state index contributed by atoms with van der Waals surface area (Å²) in [5, 5.41) is 12.4. The van der Waals surface area contributed by atoms with Crippen molar-refractivity contribution in [3.05, 3.63) is 37.1 Å². The summed E-state index contributed by atoms with van der Waals surface area (Å²) in [5.41, 5.74) is 3.65. The number of hydrogen-bond acceptors (Lipinski definition) is 6. The second-order valence-corrected chi connectivity index (χ2v) is 8.57. The standard InChI is InChI=1S/C21H22N8O/c1-21(29-6-2-3-18(29)30)7-14(8-21)25-20-23-10-16-15(9-22-19(16)26-20)13-4-5-17-27-24-12-28(17)11-13/h4-5,9-12,14H,2-3,6-8H2,1H3,(H2,22,23,25,26)/t14-,21+. The third-order valence-corrected chi connectivity index (χ3v) is 6.46. The summed E-state index contributed by atoms with van der Waals surface area (Å²) < 4.78 is 1.89. The lowest BCUT2D eigenvalue weighted by Crippen LogP contribution is -2.59. The fourth-order valence-corrected chi connectivity index (χ4v) is 4.93. The molecule has 4 aromatic rings. The molecule has 1 amide bonds. The number of aromatic amines is 1. The van der Waals surface area contributed by atoms with Crippen molar-refractivity contribution in [3.63, 3.8) is 0 Å². The average Bonchev–Trinajstić information content (AvgIpc) is 3.44. The molecule has 2 fully saturated rings. The maximum absolute atomic E-state index is 12.1. The Bertz CT molecular complexity index is 1270. The van der Waals surface area contributed by atoms with E-state index in [0.717, 1.165) is 53.6 Å². The van der Waals surface area contributed by atoms with Gasteiger partial charge in [-0.2, -0.15) is 4.98 Å². The van der Waals surface area contributed by atoms with E-state index in [1.165, 1.54) is 0 Å². The summed E-state index contributed by atoms with van der Waals surface area (Å²) in [7, 11) is 0. The van der Waals surface area contributed by atoms with Crippen LogP contribution in [0.25, 0.3) is 27.8 Å². The molecule has 1 aliphatic carbocycles. The Labute approximate surface area is 172 Å². The second kappa shape index (κ2) is 6.25. The number of carbonyl (C=O) groups excluding carboxylic acids is 1. The number of anilines is 1. The van der Waals surface area contributed by atoms with Gasteiger partial charge in [0.25, 0.3) is 0 Å². The number of pyridine rings is 1. The normalized spacial score (nSPS) is 24.0. The average molecular weight is 402 g/mol. The van der Waals surface area contributed by atoms with Gasteiger partial charge in [0.2, 0.25) is 11.9 Å². The lowest BCUT2D eigenvalue weighted by molar-refractivity contribution is -0.136. The van der Waals surface area contributed by atoms with Crippen molar-refractivity contribution in [2.45, 2.75) is 44.2 Å². The predicted molar refractivity (Wildman–Crippen MR) is 112 cm³/mol. The van der Waals surface area contributed by atoms with Crippen LogP contribution in [0.15, 0.2) is 37.1 Å². The highest BCUT2D eigenvalue weighted by atomic mass is 16.2. The molecule has 5 heterocycles. The van der Waals surface area contributed by atoms with Crippen LogP contribution in [-0.2, 0) is 4.79 Å². The molecule has 0 atom stereocenters. The fourth-order valence-electron chi connectivity index (χ4n) is 4.93. The highest BCUT2D eigenvalue weighted by Gasteiger charge is 2.48. The fraction of sp³-hybridized carbons (Fsp3) is 0.381. The van der Waals surface area contributed by atoms with E-state index in [1.807, 2.05) is 35.1 Å². The molecule has 6 rings (SSSR count). The number of nitrogens with one attached hydrogen (secondary N) is 2. The van der Waals surface area contributed by atoms with Crippen LogP contribution in [0.5, 0.6) is 0 Å². The molecule has 30 heavy (non-hydrogen) atoms. The smallest absolute Gasteiger partial charge is 0.224 e. The Kier molecular flexibility index (Phi) is 3.62. The van der Waals surface area contributed by atoms with E-state index in [9.17, 15) is 4.79 Å². The highest BCUT2D eigenvalue weighted by molar-refractivity contribution is 5.93. The summed E-state index contributed by atoms with van der Waals surface area (Å²) >= 11 is 0. The topological polar surface area (TPSA) is 104 Å². The van der Waals surface area contributed by atoms with Crippen LogP contribution in [0.2, 0.25) is 0 Å². The first kappa shape index (κ1) is 17.4. The predicted octanol–water partition coefficient (Wildman–Crippen LogP) is 2.62. The van der Waals surface area contributed by atoms with E-state index in [-0.39, 0.29) is 17.5 Å². The minimum absolute atomic E-state index is 0.0320. The molecule has 9 heteroatoms. The Morgan fingerprint density at radius 3 is 3.03 bits per heavy atom. The van der Waals surface area contributed by atoms with Gasteiger partial charge < -0.3 is 15.2 Å². The molecule has 2 aliphatic rings. The second-order valence-electron chi connectivity index (χ2n) is 8.57. The summed E-state index contributed by atoms with van der Waals surface area (Å²) in [4.78, 5) is 26.6. The largest absolute Gasteiger partial charge is 0.351 e. The van der Waals surface area contributed by atoms with Gasteiger partial charge in [0.05, 0.1) is 0 Å². The van der Waals surface area contributed by atoms with Crippen LogP contribution in [0.4, 0.5) is 5.95 Å². The minimum Gasteiger partial charge on any atom is -0.351 e. The van der Waals surface area contributed by atoms with Crippen LogP contribution in [0.1, 0.15) is 32.6 Å². The zero-order chi connectivity index (χ0) is 20.3. The molecule has 1 saturated carbocycles. The van der Waals surface area contributed by atoms with Gasteiger partial charge >= 0.3 is 0 Å². The first-order chi connectivity index (χ1) is 14.6. The molecule has 0 aromatic carbocycles. The molecule has 1 aliphatic heterocycles. The van der Waals surface area contributed by atoms with Gasteiger partial charge in [0.15, 0.2) is 5.65 Å². The van der Waals surface area contributed by atoms with Gasteiger partial charge in [-0.25, -0.2) is 4.98 Å². The van der Waals surface area contributed by atoms with Crippen LogP contribution in [-0.4, -0.2) is 58.5 Å². The Morgan fingerprint density at radius 1 is 1.30 bits per heavy atom. The number of H-pyrrole nitrogens is 1. The molecule has 152 valence electrons. The van der Waals surface area contributed by atoms with Crippen molar-refractivity contribution in [3.8, 4) is 11.1 Å². The van der Waals surface area contributed by atoms with E-state index in [2.05, 4.69) is 42.3 Å². The zero-order valence-corrected chi connectivity index (χ0v) is 16.7. The number of fused-ring (bicyclic) bond motifs is 2. The molecule has 9 nitrogen and oxygen atoms in total. The monoisotopic (exact) mass is 402 g/mol. The van der Waals surface area contributed by atoms with E-state index < -0.39 is 0 Å². The molecule has 0 spiro atoms. The number of likely N-dealkylation sites (tertiary alicyclic amines) is 1. The molecule has 0 unspecified atom stereocenters. The van der Waals surface area contributed by atoms with E-state index in [4.69, 9.17) is 0 Å². The first-order valence-corrected chi connectivity index (χ1v) is 10.3. The number of nitrogens with zero attached hydrogens (tertiary/aromatic N) is 6. The molecular formula is C21H22N8O. The zero-order valence-electron chi connectivity index (χ0n) is 16.7. The SMILES string of the molecule is C[C@]1(N2CCCC2=O)C[C@@H](Nc2ncc3c(-c4ccc5nncn5c4)c[nH]c3n2)C1. The van der Waals surface area contributed by atoms with Gasteiger partial charge in [0, 0.05) is 59.7 Å². The number of amides is 1. The number of aromatic nitrogens is 6. The van der Waals surface area contributed by atoms with E-state index in [1.54, 1.807) is 6.33 Å².